The topological polar surface area (TPSA) is 46.5 Å². The maximum absolute atomic E-state index is 11.1. The Kier molecular flexibility index (Phi) is 4.79. The Morgan fingerprint density at radius 2 is 1.80 bits per heavy atom. The molecule has 0 saturated heterocycles. The van der Waals surface area contributed by atoms with Crippen LogP contribution in [0.15, 0.2) is 46.9 Å². The van der Waals surface area contributed by atoms with E-state index in [1.165, 1.54) is 0 Å². The van der Waals surface area contributed by atoms with Crippen LogP contribution >= 0.6 is 15.9 Å². The predicted molar refractivity (Wildman–Crippen MR) is 82.3 cm³/mol. The van der Waals surface area contributed by atoms with Crippen molar-refractivity contribution in [3.8, 4) is 16.9 Å². The number of aromatic carboxylic acids is 1. The van der Waals surface area contributed by atoms with Crippen molar-refractivity contribution in [2.45, 2.75) is 13.3 Å². The third kappa shape index (κ3) is 3.39. The van der Waals surface area contributed by atoms with Gasteiger partial charge in [0.25, 0.3) is 0 Å². The zero-order chi connectivity index (χ0) is 14.5. The van der Waals surface area contributed by atoms with Crippen molar-refractivity contribution < 1.29 is 14.6 Å². The Morgan fingerprint density at radius 1 is 1.15 bits per heavy atom. The van der Waals surface area contributed by atoms with Gasteiger partial charge in [0, 0.05) is 4.47 Å². The van der Waals surface area contributed by atoms with Gasteiger partial charge in [-0.3, -0.25) is 0 Å². The standard InChI is InChI=1S/C16H15BrO3/c1-2-9-20-13-6-3-11(4-7-13)12-5-8-15(17)14(10-12)16(18)19/h3-8,10H,2,9H2,1H3,(H,18,19). The van der Waals surface area contributed by atoms with Crippen molar-refractivity contribution in [3.05, 3.63) is 52.5 Å². The molecule has 0 aliphatic heterocycles. The zero-order valence-electron chi connectivity index (χ0n) is 11.1. The molecule has 0 unspecified atom stereocenters. The number of carboxylic acids is 1. The van der Waals surface area contributed by atoms with Gasteiger partial charge in [-0.2, -0.15) is 0 Å². The third-order valence-electron chi connectivity index (χ3n) is 2.86. The molecule has 0 spiro atoms. The summed E-state index contributed by atoms with van der Waals surface area (Å²) in [5, 5.41) is 9.13. The van der Waals surface area contributed by atoms with Gasteiger partial charge in [0.1, 0.15) is 5.75 Å². The summed E-state index contributed by atoms with van der Waals surface area (Å²) in [5.74, 6) is -0.118. The van der Waals surface area contributed by atoms with Crippen molar-refractivity contribution in [1.29, 1.82) is 0 Å². The van der Waals surface area contributed by atoms with E-state index >= 15 is 0 Å². The van der Waals surface area contributed by atoms with E-state index in [1.54, 1.807) is 12.1 Å². The molecule has 2 aromatic rings. The molecule has 20 heavy (non-hydrogen) atoms. The fourth-order valence-corrected chi connectivity index (χ4v) is 2.25. The molecule has 1 N–H and O–H groups in total. The van der Waals surface area contributed by atoms with Gasteiger partial charge < -0.3 is 9.84 Å². The smallest absolute Gasteiger partial charge is 0.336 e. The molecule has 0 aromatic heterocycles. The van der Waals surface area contributed by atoms with Crippen molar-refractivity contribution in [2.75, 3.05) is 6.61 Å². The average molecular weight is 335 g/mol. The number of benzene rings is 2. The Bertz CT molecular complexity index is 606. The lowest BCUT2D eigenvalue weighted by molar-refractivity contribution is 0.0696. The van der Waals surface area contributed by atoms with Crippen LogP contribution in [0, 0.1) is 0 Å². The summed E-state index contributed by atoms with van der Waals surface area (Å²) in [5.41, 5.74) is 2.09. The van der Waals surface area contributed by atoms with Crippen molar-refractivity contribution in [2.24, 2.45) is 0 Å². The van der Waals surface area contributed by atoms with Gasteiger partial charge in [0.15, 0.2) is 0 Å². The lowest BCUT2D eigenvalue weighted by Crippen LogP contribution is -1.98. The summed E-state index contributed by atoms with van der Waals surface area (Å²) >= 11 is 3.24. The minimum Gasteiger partial charge on any atom is -0.494 e. The van der Waals surface area contributed by atoms with E-state index in [9.17, 15) is 4.79 Å². The van der Waals surface area contributed by atoms with Crippen LogP contribution < -0.4 is 4.74 Å². The number of rotatable bonds is 5. The maximum atomic E-state index is 11.1. The van der Waals surface area contributed by atoms with Gasteiger partial charge in [-0.15, -0.1) is 0 Å². The Hall–Kier alpha value is -1.81. The molecule has 0 amide bonds. The summed E-state index contributed by atoms with van der Waals surface area (Å²) in [4.78, 5) is 11.1. The van der Waals surface area contributed by atoms with Gasteiger partial charge in [-0.05, 0) is 57.7 Å². The predicted octanol–water partition coefficient (Wildman–Crippen LogP) is 4.60. The number of carboxylic acid groups (broad SMARTS) is 1. The van der Waals surface area contributed by atoms with Crippen LogP contribution in [-0.2, 0) is 0 Å². The van der Waals surface area contributed by atoms with Gasteiger partial charge in [-0.1, -0.05) is 25.1 Å². The summed E-state index contributed by atoms with van der Waals surface area (Å²) in [6.45, 7) is 2.75. The second kappa shape index (κ2) is 6.57. The fraction of sp³-hybridized carbons (Fsp3) is 0.188. The van der Waals surface area contributed by atoms with Gasteiger partial charge in [0.05, 0.1) is 12.2 Å². The highest BCUT2D eigenvalue weighted by Gasteiger charge is 2.09. The number of ether oxygens (including phenoxy) is 1. The number of carbonyl (C=O) groups is 1. The molecule has 0 aliphatic rings. The second-order valence-electron chi connectivity index (χ2n) is 4.37. The molecule has 0 aliphatic carbocycles. The Labute approximate surface area is 126 Å². The van der Waals surface area contributed by atoms with E-state index in [1.807, 2.05) is 30.3 Å². The van der Waals surface area contributed by atoms with Crippen LogP contribution in [-0.4, -0.2) is 17.7 Å². The molecule has 0 heterocycles. The lowest BCUT2D eigenvalue weighted by Gasteiger charge is -2.07. The minimum absolute atomic E-state index is 0.258. The van der Waals surface area contributed by atoms with Crippen LogP contribution in [0.25, 0.3) is 11.1 Å². The lowest BCUT2D eigenvalue weighted by atomic mass is 10.0. The third-order valence-corrected chi connectivity index (χ3v) is 3.55. The zero-order valence-corrected chi connectivity index (χ0v) is 12.7. The van der Waals surface area contributed by atoms with E-state index in [2.05, 4.69) is 22.9 Å². The first-order chi connectivity index (χ1) is 9.61. The SMILES string of the molecule is CCCOc1ccc(-c2ccc(Br)c(C(=O)O)c2)cc1. The number of hydrogen-bond donors (Lipinski definition) is 1. The van der Waals surface area contributed by atoms with E-state index in [0.29, 0.717) is 11.1 Å². The first kappa shape index (κ1) is 14.6. The maximum Gasteiger partial charge on any atom is 0.336 e. The summed E-state index contributed by atoms with van der Waals surface area (Å²) in [7, 11) is 0. The molecule has 104 valence electrons. The molecule has 0 atom stereocenters. The van der Waals surface area contributed by atoms with E-state index in [-0.39, 0.29) is 5.56 Å². The average Bonchev–Trinajstić information content (AvgIpc) is 2.46. The van der Waals surface area contributed by atoms with Crippen LogP contribution in [0.2, 0.25) is 0 Å². The Balaban J connectivity index is 2.27. The second-order valence-corrected chi connectivity index (χ2v) is 5.23. The molecular weight excluding hydrogens is 320 g/mol. The highest BCUT2D eigenvalue weighted by atomic mass is 79.9. The molecule has 0 radical (unpaired) electrons. The normalized spacial score (nSPS) is 10.3. The highest BCUT2D eigenvalue weighted by molar-refractivity contribution is 9.10. The van der Waals surface area contributed by atoms with E-state index in [0.717, 1.165) is 23.3 Å². The first-order valence-electron chi connectivity index (χ1n) is 6.38. The minimum atomic E-state index is -0.943. The molecule has 2 aromatic carbocycles. The molecule has 4 heteroatoms. The first-order valence-corrected chi connectivity index (χ1v) is 7.17. The van der Waals surface area contributed by atoms with Crippen molar-refractivity contribution in [1.82, 2.24) is 0 Å². The van der Waals surface area contributed by atoms with E-state index < -0.39 is 5.97 Å². The van der Waals surface area contributed by atoms with Crippen molar-refractivity contribution >= 4 is 21.9 Å². The molecule has 0 saturated carbocycles. The Morgan fingerprint density at radius 3 is 2.40 bits per heavy atom. The summed E-state index contributed by atoms with van der Waals surface area (Å²) in [6, 6.07) is 13.0. The van der Waals surface area contributed by atoms with Crippen LogP contribution in [0.3, 0.4) is 0 Å². The molecule has 0 fully saturated rings. The van der Waals surface area contributed by atoms with Gasteiger partial charge in [0.2, 0.25) is 0 Å². The molecule has 0 bridgehead atoms. The largest absolute Gasteiger partial charge is 0.494 e. The van der Waals surface area contributed by atoms with Gasteiger partial charge in [-0.25, -0.2) is 4.79 Å². The van der Waals surface area contributed by atoms with Gasteiger partial charge >= 0.3 is 5.97 Å². The molecular formula is C16H15BrO3. The number of hydrogen-bond acceptors (Lipinski definition) is 2. The fourth-order valence-electron chi connectivity index (χ4n) is 1.83. The van der Waals surface area contributed by atoms with Crippen LogP contribution in [0.4, 0.5) is 0 Å². The summed E-state index contributed by atoms with van der Waals surface area (Å²) < 4.78 is 6.11. The quantitative estimate of drug-likeness (QED) is 0.868. The highest BCUT2D eigenvalue weighted by Crippen LogP contribution is 2.27. The molecule has 2 rings (SSSR count). The molecule has 3 nitrogen and oxygen atoms in total. The summed E-state index contributed by atoms with van der Waals surface area (Å²) in [6.07, 6.45) is 0.969. The van der Waals surface area contributed by atoms with E-state index in [4.69, 9.17) is 9.84 Å². The van der Waals surface area contributed by atoms with Crippen LogP contribution in [0.5, 0.6) is 5.75 Å². The van der Waals surface area contributed by atoms with Crippen LogP contribution in [0.1, 0.15) is 23.7 Å². The van der Waals surface area contributed by atoms with Crippen molar-refractivity contribution in [3.63, 3.8) is 0 Å². The number of halogens is 1. The monoisotopic (exact) mass is 334 g/mol.